The van der Waals surface area contributed by atoms with Gasteiger partial charge in [0.05, 0.1) is 18.0 Å². The first kappa shape index (κ1) is 14.4. The van der Waals surface area contributed by atoms with E-state index < -0.39 is 10.0 Å². The highest BCUT2D eigenvalue weighted by Crippen LogP contribution is 2.33. The average Bonchev–Trinajstić information content (AvgIpc) is 2.78. The van der Waals surface area contributed by atoms with Crippen molar-refractivity contribution in [3.63, 3.8) is 0 Å². The summed E-state index contributed by atoms with van der Waals surface area (Å²) in [6.45, 7) is 0.883. The summed E-state index contributed by atoms with van der Waals surface area (Å²) in [5.74, 6) is 0.918. The van der Waals surface area contributed by atoms with E-state index in [-0.39, 0.29) is 12.6 Å². The summed E-state index contributed by atoms with van der Waals surface area (Å²) in [5, 5.41) is 0. The largest absolute Gasteiger partial charge is 0.463 e. The molecule has 7 heteroatoms. The third-order valence-electron chi connectivity index (χ3n) is 4.40. The minimum absolute atomic E-state index is 0.237. The van der Waals surface area contributed by atoms with E-state index >= 15 is 0 Å². The van der Waals surface area contributed by atoms with Crippen LogP contribution in [0.5, 0.6) is 6.01 Å². The zero-order valence-corrected chi connectivity index (χ0v) is 13.4. The molecule has 0 bridgehead atoms. The van der Waals surface area contributed by atoms with Gasteiger partial charge in [-0.3, -0.25) is 0 Å². The first-order valence-electron chi connectivity index (χ1n) is 7.71. The van der Waals surface area contributed by atoms with Crippen LogP contribution in [0.1, 0.15) is 24.8 Å². The Morgan fingerprint density at radius 1 is 1.22 bits per heavy atom. The van der Waals surface area contributed by atoms with Crippen molar-refractivity contribution in [3.05, 3.63) is 42.1 Å². The number of sulfonamides is 1. The second kappa shape index (κ2) is 5.49. The lowest BCUT2D eigenvalue weighted by Gasteiger charge is -2.24. The molecular formula is C16H17N3O3S. The van der Waals surface area contributed by atoms with Gasteiger partial charge in [-0.2, -0.15) is 4.98 Å². The van der Waals surface area contributed by atoms with Crippen molar-refractivity contribution in [1.29, 1.82) is 0 Å². The molecule has 0 amide bonds. The number of hydrogen-bond acceptors (Lipinski definition) is 5. The van der Waals surface area contributed by atoms with Crippen LogP contribution in [0, 0.1) is 5.92 Å². The van der Waals surface area contributed by atoms with Crippen LogP contribution in [-0.4, -0.2) is 25.0 Å². The molecule has 0 radical (unpaired) electrons. The predicted octanol–water partition coefficient (Wildman–Crippen LogP) is 2.36. The number of aromatic nitrogens is 2. The molecule has 2 aliphatic rings. The minimum atomic E-state index is -3.55. The molecule has 2 aromatic rings. The quantitative estimate of drug-likeness (QED) is 0.860. The molecule has 0 N–H and O–H groups in total. The molecule has 0 saturated heterocycles. The van der Waals surface area contributed by atoms with Crippen LogP contribution in [0.2, 0.25) is 0 Å². The Balaban J connectivity index is 1.59. The fraction of sp³-hybridized carbons (Fsp3) is 0.375. The lowest BCUT2D eigenvalue weighted by atomic mass is 9.86. The second-order valence-corrected chi connectivity index (χ2v) is 7.76. The van der Waals surface area contributed by atoms with Crippen LogP contribution >= 0.6 is 0 Å². The van der Waals surface area contributed by atoms with Gasteiger partial charge in [-0.15, -0.1) is 0 Å². The molecule has 0 atom stereocenters. The van der Waals surface area contributed by atoms with Gasteiger partial charge in [-0.1, -0.05) is 24.6 Å². The van der Waals surface area contributed by atoms with E-state index in [4.69, 9.17) is 4.74 Å². The maximum absolute atomic E-state index is 12.6. The SMILES string of the molecule is O=S1(=O)c2ccccc2CN1c1ccnc(OCC2CCC2)n1. The fourth-order valence-electron chi connectivity index (χ4n) is 2.84. The summed E-state index contributed by atoms with van der Waals surface area (Å²) in [6.07, 6.45) is 5.14. The maximum Gasteiger partial charge on any atom is 0.318 e. The summed E-state index contributed by atoms with van der Waals surface area (Å²) in [5.41, 5.74) is 0.781. The van der Waals surface area contributed by atoms with Gasteiger partial charge in [-0.25, -0.2) is 17.7 Å². The Bertz CT molecular complexity index is 834. The molecule has 2 heterocycles. The molecule has 0 unspecified atom stereocenters. The molecule has 1 fully saturated rings. The average molecular weight is 331 g/mol. The van der Waals surface area contributed by atoms with E-state index in [0.29, 0.717) is 23.2 Å². The van der Waals surface area contributed by atoms with Crippen LogP contribution in [0.3, 0.4) is 0 Å². The Kier molecular flexibility index (Phi) is 3.45. The van der Waals surface area contributed by atoms with Gasteiger partial charge >= 0.3 is 6.01 Å². The van der Waals surface area contributed by atoms with E-state index in [0.717, 1.165) is 5.56 Å². The van der Waals surface area contributed by atoms with E-state index in [2.05, 4.69) is 9.97 Å². The molecule has 4 rings (SSSR count). The monoisotopic (exact) mass is 331 g/mol. The molecule has 1 aromatic carbocycles. The van der Waals surface area contributed by atoms with Crippen LogP contribution in [0.15, 0.2) is 41.4 Å². The Morgan fingerprint density at radius 2 is 2.04 bits per heavy atom. The predicted molar refractivity (Wildman–Crippen MR) is 84.7 cm³/mol. The number of anilines is 1. The Morgan fingerprint density at radius 3 is 2.78 bits per heavy atom. The number of benzene rings is 1. The lowest BCUT2D eigenvalue weighted by Crippen LogP contribution is -2.25. The lowest BCUT2D eigenvalue weighted by molar-refractivity contribution is 0.170. The smallest absolute Gasteiger partial charge is 0.318 e. The van der Waals surface area contributed by atoms with Crippen molar-refractivity contribution in [2.45, 2.75) is 30.7 Å². The van der Waals surface area contributed by atoms with E-state index in [9.17, 15) is 8.42 Å². The summed E-state index contributed by atoms with van der Waals surface area (Å²) in [7, 11) is -3.55. The van der Waals surface area contributed by atoms with Crippen molar-refractivity contribution in [3.8, 4) is 6.01 Å². The number of ether oxygens (including phenoxy) is 1. The fourth-order valence-corrected chi connectivity index (χ4v) is 4.45. The highest BCUT2D eigenvalue weighted by Gasteiger charge is 2.35. The number of nitrogens with zero attached hydrogens (tertiary/aromatic N) is 3. The van der Waals surface area contributed by atoms with Crippen LogP contribution in [-0.2, 0) is 16.6 Å². The van der Waals surface area contributed by atoms with Gasteiger partial charge in [0, 0.05) is 12.3 Å². The highest BCUT2D eigenvalue weighted by molar-refractivity contribution is 7.93. The molecule has 1 aromatic heterocycles. The molecule has 0 spiro atoms. The third-order valence-corrected chi connectivity index (χ3v) is 6.25. The normalized spacial score (nSPS) is 19.2. The van der Waals surface area contributed by atoms with Gasteiger partial charge < -0.3 is 4.74 Å². The van der Waals surface area contributed by atoms with Crippen LogP contribution < -0.4 is 9.04 Å². The van der Waals surface area contributed by atoms with Crippen molar-refractivity contribution in [2.24, 2.45) is 5.92 Å². The number of hydrogen-bond donors (Lipinski definition) is 0. The molecule has 120 valence electrons. The van der Waals surface area contributed by atoms with Crippen LogP contribution in [0.25, 0.3) is 0 Å². The van der Waals surface area contributed by atoms with E-state index in [1.165, 1.54) is 29.8 Å². The van der Waals surface area contributed by atoms with Gasteiger partial charge in [0.15, 0.2) is 0 Å². The molecule has 1 aliphatic carbocycles. The summed E-state index contributed by atoms with van der Waals surface area (Å²) in [4.78, 5) is 8.70. The maximum atomic E-state index is 12.6. The van der Waals surface area contributed by atoms with Crippen LogP contribution in [0.4, 0.5) is 5.82 Å². The van der Waals surface area contributed by atoms with Gasteiger partial charge in [0.25, 0.3) is 10.0 Å². The molecule has 1 aliphatic heterocycles. The first-order chi connectivity index (χ1) is 11.1. The van der Waals surface area contributed by atoms with Crippen molar-refractivity contribution in [2.75, 3.05) is 10.9 Å². The van der Waals surface area contributed by atoms with E-state index in [1.807, 2.05) is 12.1 Å². The first-order valence-corrected chi connectivity index (χ1v) is 9.15. The Hall–Kier alpha value is -2.15. The van der Waals surface area contributed by atoms with Gasteiger partial charge in [0.2, 0.25) is 0 Å². The minimum Gasteiger partial charge on any atom is -0.463 e. The van der Waals surface area contributed by atoms with Gasteiger partial charge in [0.1, 0.15) is 5.82 Å². The van der Waals surface area contributed by atoms with Gasteiger partial charge in [-0.05, 0) is 30.4 Å². The molecule has 6 nitrogen and oxygen atoms in total. The van der Waals surface area contributed by atoms with Crippen molar-refractivity contribution >= 4 is 15.8 Å². The van der Waals surface area contributed by atoms with E-state index in [1.54, 1.807) is 18.2 Å². The molecule has 23 heavy (non-hydrogen) atoms. The van der Waals surface area contributed by atoms with Crippen molar-refractivity contribution in [1.82, 2.24) is 9.97 Å². The number of fused-ring (bicyclic) bond motifs is 1. The second-order valence-electron chi connectivity index (χ2n) is 5.92. The summed E-state index contributed by atoms with van der Waals surface area (Å²) >= 11 is 0. The zero-order valence-electron chi connectivity index (χ0n) is 12.6. The third kappa shape index (κ3) is 2.55. The summed E-state index contributed by atoms with van der Waals surface area (Å²) < 4.78 is 32.2. The standard InChI is InChI=1S/C16H17N3O3S/c20-23(21)14-7-2-1-6-13(14)10-19(23)15-8-9-17-16(18-15)22-11-12-4-3-5-12/h1-2,6-9,12H,3-5,10-11H2. The topological polar surface area (TPSA) is 72.4 Å². The Labute approximate surface area is 135 Å². The van der Waals surface area contributed by atoms with Crippen molar-refractivity contribution < 1.29 is 13.2 Å². The number of rotatable bonds is 4. The summed E-state index contributed by atoms with van der Waals surface area (Å²) in [6, 6.07) is 8.85. The molecular weight excluding hydrogens is 314 g/mol. The zero-order chi connectivity index (χ0) is 15.9. The highest BCUT2D eigenvalue weighted by atomic mass is 32.2. The molecule has 1 saturated carbocycles.